The number of aliphatic carboxylic acids is 1. The fraction of sp³-hybridized carbons (Fsp3) is 0.611. The molecule has 0 saturated carbocycles. The van der Waals surface area contributed by atoms with E-state index in [0.717, 1.165) is 38.1 Å². The number of rotatable bonds is 7. The van der Waals surface area contributed by atoms with Gasteiger partial charge in [-0.3, -0.25) is 4.79 Å². The van der Waals surface area contributed by atoms with E-state index in [-0.39, 0.29) is 12.5 Å². The summed E-state index contributed by atoms with van der Waals surface area (Å²) in [6.07, 6.45) is 3.06. The summed E-state index contributed by atoms with van der Waals surface area (Å²) >= 11 is 0. The third-order valence-electron chi connectivity index (χ3n) is 4.27. The molecule has 1 aromatic carbocycles. The number of carboxylic acids is 1. The SMILES string of the molecule is CCN1CC(C(C)C)Oc2ccc(CCCCC(=O)O)cc21. The summed E-state index contributed by atoms with van der Waals surface area (Å²) in [6.45, 7) is 8.47. The Bertz CT molecular complexity index is 513. The predicted molar refractivity (Wildman–Crippen MR) is 88.8 cm³/mol. The van der Waals surface area contributed by atoms with Gasteiger partial charge in [0.15, 0.2) is 0 Å². The maximum atomic E-state index is 10.5. The number of fused-ring (bicyclic) bond motifs is 1. The maximum Gasteiger partial charge on any atom is 0.303 e. The molecule has 1 aliphatic heterocycles. The molecule has 122 valence electrons. The maximum absolute atomic E-state index is 10.5. The minimum Gasteiger partial charge on any atom is -0.486 e. The molecule has 1 atom stereocenters. The van der Waals surface area contributed by atoms with E-state index >= 15 is 0 Å². The number of ether oxygens (including phenoxy) is 1. The number of carboxylic acid groups (broad SMARTS) is 1. The number of aryl methyl sites for hydroxylation is 1. The number of nitrogens with zero attached hydrogens (tertiary/aromatic N) is 1. The van der Waals surface area contributed by atoms with E-state index < -0.39 is 5.97 Å². The van der Waals surface area contributed by atoms with Crippen molar-refractivity contribution in [3.63, 3.8) is 0 Å². The highest BCUT2D eigenvalue weighted by molar-refractivity contribution is 5.66. The van der Waals surface area contributed by atoms with Crippen LogP contribution in [-0.2, 0) is 11.2 Å². The molecule has 4 heteroatoms. The highest BCUT2D eigenvalue weighted by Gasteiger charge is 2.27. The van der Waals surface area contributed by atoms with E-state index in [1.54, 1.807) is 0 Å². The molecule has 1 N–H and O–H groups in total. The van der Waals surface area contributed by atoms with Gasteiger partial charge in [0.05, 0.1) is 12.2 Å². The molecule has 1 aliphatic rings. The molecule has 0 fully saturated rings. The van der Waals surface area contributed by atoms with E-state index in [9.17, 15) is 4.79 Å². The quantitative estimate of drug-likeness (QED) is 0.780. The van der Waals surface area contributed by atoms with Gasteiger partial charge >= 0.3 is 5.97 Å². The molecule has 0 aromatic heterocycles. The van der Waals surface area contributed by atoms with Gasteiger partial charge in [-0.2, -0.15) is 0 Å². The van der Waals surface area contributed by atoms with Gasteiger partial charge in [0.2, 0.25) is 0 Å². The first-order valence-electron chi connectivity index (χ1n) is 8.27. The third kappa shape index (κ3) is 4.15. The smallest absolute Gasteiger partial charge is 0.303 e. The van der Waals surface area contributed by atoms with Crippen LogP contribution in [0.15, 0.2) is 18.2 Å². The van der Waals surface area contributed by atoms with Crippen molar-refractivity contribution in [2.24, 2.45) is 5.92 Å². The van der Waals surface area contributed by atoms with Crippen molar-refractivity contribution in [2.45, 2.75) is 52.6 Å². The van der Waals surface area contributed by atoms with Crippen molar-refractivity contribution in [2.75, 3.05) is 18.0 Å². The Labute approximate surface area is 133 Å². The molecule has 1 heterocycles. The molecule has 2 rings (SSSR count). The summed E-state index contributed by atoms with van der Waals surface area (Å²) in [4.78, 5) is 12.9. The third-order valence-corrected chi connectivity index (χ3v) is 4.27. The Morgan fingerprint density at radius 2 is 2.18 bits per heavy atom. The van der Waals surface area contributed by atoms with E-state index in [1.807, 2.05) is 0 Å². The van der Waals surface area contributed by atoms with Crippen LogP contribution in [0, 0.1) is 5.92 Å². The standard InChI is InChI=1S/C18H27NO3/c1-4-19-12-17(13(2)3)22-16-10-9-14(11-15(16)19)7-5-6-8-18(20)21/h9-11,13,17H,4-8,12H2,1-3H3,(H,20,21). The lowest BCUT2D eigenvalue weighted by Gasteiger charge is -2.37. The van der Waals surface area contributed by atoms with Crippen LogP contribution >= 0.6 is 0 Å². The minimum atomic E-state index is -0.712. The van der Waals surface area contributed by atoms with Gasteiger partial charge in [0, 0.05) is 13.0 Å². The van der Waals surface area contributed by atoms with Crippen LogP contribution in [-0.4, -0.2) is 30.3 Å². The van der Waals surface area contributed by atoms with Crippen molar-refractivity contribution in [3.05, 3.63) is 23.8 Å². The number of carbonyl (C=O) groups is 1. The van der Waals surface area contributed by atoms with Crippen LogP contribution in [0.5, 0.6) is 5.75 Å². The number of hydrogen-bond donors (Lipinski definition) is 1. The van der Waals surface area contributed by atoms with Crippen molar-refractivity contribution in [3.8, 4) is 5.75 Å². The van der Waals surface area contributed by atoms with Gasteiger partial charge in [0.1, 0.15) is 11.9 Å². The van der Waals surface area contributed by atoms with Gasteiger partial charge in [-0.05, 0) is 49.8 Å². The van der Waals surface area contributed by atoms with Crippen LogP contribution in [0.1, 0.15) is 45.6 Å². The lowest BCUT2D eigenvalue weighted by atomic mass is 10.0. The monoisotopic (exact) mass is 305 g/mol. The van der Waals surface area contributed by atoms with Crippen molar-refractivity contribution in [1.82, 2.24) is 0 Å². The second-order valence-corrected chi connectivity index (χ2v) is 6.34. The van der Waals surface area contributed by atoms with Crippen molar-refractivity contribution >= 4 is 11.7 Å². The summed E-state index contributed by atoms with van der Waals surface area (Å²) in [5.74, 6) is 0.759. The fourth-order valence-corrected chi connectivity index (χ4v) is 2.83. The lowest BCUT2D eigenvalue weighted by Crippen LogP contribution is -2.42. The summed E-state index contributed by atoms with van der Waals surface area (Å²) in [6, 6.07) is 6.38. The number of benzene rings is 1. The summed E-state index contributed by atoms with van der Waals surface area (Å²) in [5.41, 5.74) is 2.43. The topological polar surface area (TPSA) is 49.8 Å². The zero-order valence-electron chi connectivity index (χ0n) is 13.8. The van der Waals surface area contributed by atoms with Crippen LogP contribution in [0.25, 0.3) is 0 Å². The molecule has 0 saturated heterocycles. The molecular formula is C18H27NO3. The van der Waals surface area contributed by atoms with Gasteiger partial charge in [-0.25, -0.2) is 0 Å². The average molecular weight is 305 g/mol. The van der Waals surface area contributed by atoms with Gasteiger partial charge in [0.25, 0.3) is 0 Å². The average Bonchev–Trinajstić information content (AvgIpc) is 2.50. The van der Waals surface area contributed by atoms with E-state index in [1.165, 1.54) is 11.3 Å². The molecule has 22 heavy (non-hydrogen) atoms. The van der Waals surface area contributed by atoms with Crippen LogP contribution in [0.2, 0.25) is 0 Å². The summed E-state index contributed by atoms with van der Waals surface area (Å²) in [7, 11) is 0. The first kappa shape index (κ1) is 16.7. The number of unbranched alkanes of at least 4 members (excludes halogenated alkanes) is 1. The molecule has 0 aliphatic carbocycles. The highest BCUT2D eigenvalue weighted by Crippen LogP contribution is 2.36. The van der Waals surface area contributed by atoms with Crippen molar-refractivity contribution < 1.29 is 14.6 Å². The molecule has 0 spiro atoms. The Hall–Kier alpha value is -1.71. The second-order valence-electron chi connectivity index (χ2n) is 6.34. The highest BCUT2D eigenvalue weighted by atomic mass is 16.5. The molecular weight excluding hydrogens is 278 g/mol. The van der Waals surface area contributed by atoms with Crippen LogP contribution in [0.4, 0.5) is 5.69 Å². The van der Waals surface area contributed by atoms with E-state index in [0.29, 0.717) is 5.92 Å². The van der Waals surface area contributed by atoms with Crippen LogP contribution < -0.4 is 9.64 Å². The van der Waals surface area contributed by atoms with Gasteiger partial charge in [-0.15, -0.1) is 0 Å². The Morgan fingerprint density at radius 3 is 2.82 bits per heavy atom. The largest absolute Gasteiger partial charge is 0.486 e. The molecule has 1 aromatic rings. The zero-order valence-corrected chi connectivity index (χ0v) is 13.8. The molecule has 0 amide bonds. The number of anilines is 1. The predicted octanol–water partition coefficient (Wildman–Crippen LogP) is 3.73. The van der Waals surface area contributed by atoms with Gasteiger partial charge < -0.3 is 14.7 Å². The van der Waals surface area contributed by atoms with Crippen molar-refractivity contribution in [1.29, 1.82) is 0 Å². The minimum absolute atomic E-state index is 0.244. The number of likely N-dealkylation sites (N-methyl/N-ethyl adjacent to an activating group) is 1. The summed E-state index contributed by atoms with van der Waals surface area (Å²) < 4.78 is 6.12. The zero-order chi connectivity index (χ0) is 16.1. The van der Waals surface area contributed by atoms with E-state index in [4.69, 9.17) is 9.84 Å². The fourth-order valence-electron chi connectivity index (χ4n) is 2.83. The Balaban J connectivity index is 2.04. The lowest BCUT2D eigenvalue weighted by molar-refractivity contribution is -0.137. The van der Waals surface area contributed by atoms with E-state index in [2.05, 4.69) is 43.9 Å². The molecule has 1 unspecified atom stereocenters. The molecule has 4 nitrogen and oxygen atoms in total. The summed E-state index contributed by atoms with van der Waals surface area (Å²) in [5, 5.41) is 8.68. The Kier molecular flexibility index (Phi) is 5.69. The first-order valence-corrected chi connectivity index (χ1v) is 8.27. The molecule has 0 bridgehead atoms. The number of hydrogen-bond acceptors (Lipinski definition) is 3. The van der Waals surface area contributed by atoms with Crippen LogP contribution in [0.3, 0.4) is 0 Å². The first-order chi connectivity index (χ1) is 10.5. The Morgan fingerprint density at radius 1 is 1.41 bits per heavy atom. The second kappa shape index (κ2) is 7.52. The van der Waals surface area contributed by atoms with Gasteiger partial charge in [-0.1, -0.05) is 19.9 Å². The molecule has 0 radical (unpaired) electrons. The normalized spacial score (nSPS) is 17.3.